The lowest BCUT2D eigenvalue weighted by Crippen LogP contribution is -2.00. The first-order chi connectivity index (χ1) is 6.24. The van der Waals surface area contributed by atoms with Gasteiger partial charge in [-0.15, -0.1) is 0 Å². The number of rotatable bonds is 4. The summed E-state index contributed by atoms with van der Waals surface area (Å²) in [5, 5.41) is 8.49. The molecule has 3 heteroatoms. The average Bonchev–Trinajstić information content (AvgIpc) is 2.15. The van der Waals surface area contributed by atoms with Gasteiger partial charge >= 0.3 is 5.97 Å². The summed E-state index contributed by atoms with van der Waals surface area (Å²) in [6.07, 6.45) is 0.654. The van der Waals surface area contributed by atoms with E-state index in [-0.39, 0.29) is 13.0 Å². The first-order valence-electron chi connectivity index (χ1n) is 4.17. The van der Waals surface area contributed by atoms with Crippen LogP contribution in [0.25, 0.3) is 0 Å². The van der Waals surface area contributed by atoms with Gasteiger partial charge in [-0.1, -0.05) is 24.3 Å². The van der Waals surface area contributed by atoms with Crippen molar-refractivity contribution in [2.75, 3.05) is 0 Å². The van der Waals surface area contributed by atoms with Gasteiger partial charge in [-0.3, -0.25) is 10.5 Å². The minimum Gasteiger partial charge on any atom is -0.481 e. The molecule has 0 atom stereocenters. The molecular weight excluding hydrogens is 166 g/mol. The molecule has 3 nitrogen and oxygen atoms in total. The van der Waals surface area contributed by atoms with Gasteiger partial charge < -0.3 is 5.11 Å². The average molecular weight is 178 g/mol. The topological polar surface area (TPSA) is 61.1 Å². The summed E-state index contributed by atoms with van der Waals surface area (Å²) in [6.45, 7) is 0.218. The van der Waals surface area contributed by atoms with E-state index in [0.717, 1.165) is 11.1 Å². The van der Waals surface area contributed by atoms with Gasteiger partial charge in [0, 0.05) is 13.0 Å². The van der Waals surface area contributed by atoms with Gasteiger partial charge in [0.25, 0.3) is 0 Å². The van der Waals surface area contributed by atoms with Crippen molar-refractivity contribution in [3.05, 3.63) is 35.4 Å². The molecule has 0 aliphatic heterocycles. The second kappa shape index (κ2) is 4.62. The van der Waals surface area contributed by atoms with Crippen LogP contribution in [-0.4, -0.2) is 11.1 Å². The van der Waals surface area contributed by atoms with Gasteiger partial charge in [0.05, 0.1) is 0 Å². The summed E-state index contributed by atoms with van der Waals surface area (Å²) in [7, 11) is 0. The predicted molar refractivity (Wildman–Crippen MR) is 49.2 cm³/mol. The Morgan fingerprint density at radius 1 is 1.31 bits per heavy atom. The molecule has 0 unspecified atom stereocenters. The van der Waals surface area contributed by atoms with Crippen LogP contribution in [0.5, 0.6) is 0 Å². The minimum absolute atomic E-state index is 0.136. The van der Waals surface area contributed by atoms with Gasteiger partial charge in [0.2, 0.25) is 0 Å². The second-order valence-electron chi connectivity index (χ2n) is 2.84. The Labute approximate surface area is 77.2 Å². The maximum absolute atomic E-state index is 10.3. The monoisotopic (exact) mass is 178 g/mol. The standard InChI is InChI=1S/C10H12NO2/c11-7-9-4-2-1-3-8(9)5-6-10(12)13/h1-4,11H,5-7H2,(H,12,13). The maximum Gasteiger partial charge on any atom is 0.303 e. The van der Waals surface area contributed by atoms with E-state index < -0.39 is 5.97 Å². The van der Waals surface area contributed by atoms with Crippen LogP contribution >= 0.6 is 0 Å². The number of hydrogen-bond donors (Lipinski definition) is 1. The fraction of sp³-hybridized carbons (Fsp3) is 0.300. The van der Waals surface area contributed by atoms with Crippen LogP contribution in [0.4, 0.5) is 0 Å². The van der Waals surface area contributed by atoms with Crippen molar-refractivity contribution in [2.45, 2.75) is 19.4 Å². The van der Waals surface area contributed by atoms with E-state index >= 15 is 0 Å². The number of aryl methyl sites for hydroxylation is 1. The zero-order chi connectivity index (χ0) is 9.68. The Hall–Kier alpha value is -1.35. The van der Waals surface area contributed by atoms with E-state index in [1.54, 1.807) is 0 Å². The normalized spacial score (nSPS) is 9.92. The lowest BCUT2D eigenvalue weighted by atomic mass is 10.0. The summed E-state index contributed by atoms with van der Waals surface area (Å²) in [4.78, 5) is 10.3. The number of benzene rings is 1. The number of carbonyl (C=O) groups is 1. The van der Waals surface area contributed by atoms with Crippen LogP contribution in [0.3, 0.4) is 0 Å². The highest BCUT2D eigenvalue weighted by atomic mass is 16.4. The number of aliphatic carboxylic acids is 1. The van der Waals surface area contributed by atoms with E-state index in [2.05, 4.69) is 0 Å². The summed E-state index contributed by atoms with van der Waals surface area (Å²) >= 11 is 0. The van der Waals surface area contributed by atoms with E-state index in [1.165, 1.54) is 0 Å². The van der Waals surface area contributed by atoms with Crippen LogP contribution in [0, 0.1) is 0 Å². The molecule has 0 saturated heterocycles. The van der Waals surface area contributed by atoms with Crippen molar-refractivity contribution >= 4 is 5.97 Å². The molecule has 0 spiro atoms. The molecule has 1 rings (SSSR count). The molecular formula is C10H12NO2. The van der Waals surface area contributed by atoms with E-state index in [0.29, 0.717) is 6.42 Å². The van der Waals surface area contributed by atoms with Gasteiger partial charge in [0.1, 0.15) is 0 Å². The minimum atomic E-state index is -0.792. The molecule has 0 amide bonds. The first-order valence-corrected chi connectivity index (χ1v) is 4.17. The van der Waals surface area contributed by atoms with E-state index in [1.807, 2.05) is 24.3 Å². The Bertz CT molecular complexity index is 297. The quantitative estimate of drug-likeness (QED) is 0.759. The third-order valence-corrected chi connectivity index (χ3v) is 1.92. The zero-order valence-corrected chi connectivity index (χ0v) is 7.29. The van der Waals surface area contributed by atoms with Gasteiger partial charge in [0.15, 0.2) is 0 Å². The Balaban J connectivity index is 2.69. The maximum atomic E-state index is 10.3. The molecule has 0 aliphatic rings. The lowest BCUT2D eigenvalue weighted by Gasteiger charge is -2.04. The first kappa shape index (κ1) is 9.74. The molecule has 0 aromatic heterocycles. The molecule has 69 valence electrons. The molecule has 0 saturated carbocycles. The van der Waals surface area contributed by atoms with E-state index in [4.69, 9.17) is 10.8 Å². The van der Waals surface area contributed by atoms with Crippen LogP contribution in [0.15, 0.2) is 24.3 Å². The van der Waals surface area contributed by atoms with Crippen LogP contribution in [-0.2, 0) is 17.8 Å². The third kappa shape index (κ3) is 2.87. The molecule has 1 aromatic carbocycles. The van der Waals surface area contributed by atoms with Gasteiger partial charge in [-0.25, -0.2) is 0 Å². The highest BCUT2D eigenvalue weighted by Crippen LogP contribution is 2.10. The van der Waals surface area contributed by atoms with Crippen molar-refractivity contribution in [1.82, 2.24) is 5.73 Å². The molecule has 1 radical (unpaired) electrons. The fourth-order valence-electron chi connectivity index (χ4n) is 1.22. The molecule has 0 heterocycles. The van der Waals surface area contributed by atoms with Crippen LogP contribution < -0.4 is 5.73 Å². The number of nitrogens with one attached hydrogen (secondary N) is 1. The van der Waals surface area contributed by atoms with Crippen molar-refractivity contribution in [3.8, 4) is 0 Å². The molecule has 0 aliphatic carbocycles. The van der Waals surface area contributed by atoms with Crippen molar-refractivity contribution in [2.24, 2.45) is 0 Å². The zero-order valence-electron chi connectivity index (χ0n) is 7.29. The smallest absolute Gasteiger partial charge is 0.303 e. The lowest BCUT2D eigenvalue weighted by molar-refractivity contribution is -0.136. The molecule has 13 heavy (non-hydrogen) atoms. The number of carboxylic acids is 1. The number of hydrogen-bond acceptors (Lipinski definition) is 1. The van der Waals surface area contributed by atoms with Gasteiger partial charge in [-0.05, 0) is 17.5 Å². The Morgan fingerprint density at radius 3 is 2.46 bits per heavy atom. The highest BCUT2D eigenvalue weighted by molar-refractivity contribution is 5.67. The number of carboxylic acid groups (broad SMARTS) is 1. The Kier molecular flexibility index (Phi) is 3.46. The highest BCUT2D eigenvalue weighted by Gasteiger charge is 2.02. The SMILES string of the molecule is [NH]Cc1ccccc1CCC(=O)O. The largest absolute Gasteiger partial charge is 0.481 e. The van der Waals surface area contributed by atoms with E-state index in [9.17, 15) is 4.79 Å². The second-order valence-corrected chi connectivity index (χ2v) is 2.84. The van der Waals surface area contributed by atoms with Gasteiger partial charge in [-0.2, -0.15) is 0 Å². The Morgan fingerprint density at radius 2 is 1.92 bits per heavy atom. The predicted octanol–water partition coefficient (Wildman–Crippen LogP) is 1.49. The summed E-state index contributed by atoms with van der Waals surface area (Å²) in [6, 6.07) is 7.49. The molecule has 0 bridgehead atoms. The molecule has 2 N–H and O–H groups in total. The third-order valence-electron chi connectivity index (χ3n) is 1.92. The van der Waals surface area contributed by atoms with Crippen molar-refractivity contribution < 1.29 is 9.90 Å². The van der Waals surface area contributed by atoms with Crippen molar-refractivity contribution in [1.29, 1.82) is 0 Å². The van der Waals surface area contributed by atoms with Crippen LogP contribution in [0.2, 0.25) is 0 Å². The summed E-state index contributed by atoms with van der Waals surface area (Å²) in [5.41, 5.74) is 9.12. The van der Waals surface area contributed by atoms with Crippen molar-refractivity contribution in [3.63, 3.8) is 0 Å². The summed E-state index contributed by atoms with van der Waals surface area (Å²) in [5.74, 6) is -0.792. The molecule has 0 fully saturated rings. The van der Waals surface area contributed by atoms with Crippen LogP contribution in [0.1, 0.15) is 17.5 Å². The summed E-state index contributed by atoms with van der Waals surface area (Å²) < 4.78 is 0. The fourth-order valence-corrected chi connectivity index (χ4v) is 1.22. The molecule has 1 aromatic rings.